The van der Waals surface area contributed by atoms with Crippen LogP contribution in [0.2, 0.25) is 0 Å². The number of benzene rings is 2. The maximum Gasteiger partial charge on any atom is 0.294 e. The maximum atomic E-state index is 12.5. The topological polar surface area (TPSA) is 93.3 Å². The highest BCUT2D eigenvalue weighted by Gasteiger charge is 2.18. The molecule has 0 fully saturated rings. The molecular formula is C21H23N5O3. The largest absolute Gasteiger partial charge is 0.348 e. The highest BCUT2D eigenvalue weighted by atomic mass is 16.6. The summed E-state index contributed by atoms with van der Waals surface area (Å²) in [4.78, 5) is 29.6. The molecule has 0 unspecified atom stereocenters. The first kappa shape index (κ1) is 20.2. The van der Waals surface area contributed by atoms with E-state index < -0.39 is 4.92 Å². The van der Waals surface area contributed by atoms with Gasteiger partial charge in [-0.25, -0.2) is 4.98 Å². The van der Waals surface area contributed by atoms with Gasteiger partial charge in [0.05, 0.1) is 11.3 Å². The Morgan fingerprint density at radius 1 is 1.24 bits per heavy atom. The molecule has 3 rings (SSSR count). The summed E-state index contributed by atoms with van der Waals surface area (Å²) < 4.78 is 1.54. The first-order valence-corrected chi connectivity index (χ1v) is 9.29. The van der Waals surface area contributed by atoms with Crippen LogP contribution < -0.4 is 5.32 Å². The van der Waals surface area contributed by atoms with Gasteiger partial charge in [0.2, 0.25) is 0 Å². The van der Waals surface area contributed by atoms with Gasteiger partial charge in [-0.15, -0.1) is 0 Å². The molecule has 0 radical (unpaired) electrons. The van der Waals surface area contributed by atoms with Gasteiger partial charge in [-0.3, -0.25) is 14.9 Å². The van der Waals surface area contributed by atoms with E-state index in [1.165, 1.54) is 24.2 Å². The normalized spacial score (nSPS) is 10.9. The quantitative estimate of drug-likeness (QED) is 0.469. The third-order valence-electron chi connectivity index (χ3n) is 4.65. The predicted octanol–water partition coefficient (Wildman–Crippen LogP) is 3.16. The minimum atomic E-state index is -0.500. The Morgan fingerprint density at radius 2 is 2.03 bits per heavy atom. The van der Waals surface area contributed by atoms with Crippen LogP contribution in [0.3, 0.4) is 0 Å². The molecule has 1 amide bonds. The fraction of sp³-hybridized carbons (Fsp3) is 0.238. The fourth-order valence-corrected chi connectivity index (χ4v) is 2.98. The van der Waals surface area contributed by atoms with Crippen LogP contribution in [0.4, 0.5) is 5.69 Å². The molecule has 3 aromatic rings. The Kier molecular flexibility index (Phi) is 6.36. The molecule has 0 spiro atoms. The molecule has 0 saturated heterocycles. The van der Waals surface area contributed by atoms with Gasteiger partial charge in [0.25, 0.3) is 11.6 Å². The zero-order chi connectivity index (χ0) is 20.8. The van der Waals surface area contributed by atoms with Gasteiger partial charge in [-0.05, 0) is 36.9 Å². The van der Waals surface area contributed by atoms with Crippen molar-refractivity contribution in [3.05, 3.63) is 88.0 Å². The van der Waals surface area contributed by atoms with Gasteiger partial charge >= 0.3 is 0 Å². The number of nitro benzene ring substituents is 1. The summed E-state index contributed by atoms with van der Waals surface area (Å²) >= 11 is 0. The molecule has 1 aromatic heterocycles. The van der Waals surface area contributed by atoms with E-state index in [4.69, 9.17) is 0 Å². The molecule has 0 aliphatic carbocycles. The summed E-state index contributed by atoms with van der Waals surface area (Å²) in [5.41, 5.74) is 2.59. The number of carbonyl (C=O) groups is 1. The number of aromatic nitrogens is 2. The second kappa shape index (κ2) is 9.11. The van der Waals surface area contributed by atoms with Crippen LogP contribution in [0, 0.1) is 10.1 Å². The molecule has 29 heavy (non-hydrogen) atoms. The molecule has 0 bridgehead atoms. The Bertz CT molecular complexity index is 1000. The molecule has 2 aromatic carbocycles. The Balaban J connectivity index is 1.72. The number of amides is 1. The van der Waals surface area contributed by atoms with E-state index in [1.54, 1.807) is 22.9 Å². The van der Waals surface area contributed by atoms with E-state index in [9.17, 15) is 14.9 Å². The van der Waals surface area contributed by atoms with Crippen molar-refractivity contribution in [1.82, 2.24) is 19.8 Å². The number of nitro groups is 1. The van der Waals surface area contributed by atoms with Crippen LogP contribution in [-0.4, -0.2) is 38.9 Å². The van der Waals surface area contributed by atoms with Gasteiger partial charge in [0.15, 0.2) is 0 Å². The molecule has 8 heteroatoms. The van der Waals surface area contributed by atoms with Crippen LogP contribution in [0.5, 0.6) is 0 Å². The molecular weight excluding hydrogens is 370 g/mol. The Hall–Kier alpha value is -3.52. The van der Waals surface area contributed by atoms with Crippen molar-refractivity contribution in [3.63, 3.8) is 0 Å². The molecule has 0 aliphatic heterocycles. The molecule has 0 atom stereocenters. The number of hydrogen-bond donors (Lipinski definition) is 1. The highest BCUT2D eigenvalue weighted by molar-refractivity contribution is 5.95. The first-order valence-electron chi connectivity index (χ1n) is 9.29. The number of hydrogen-bond acceptors (Lipinski definition) is 5. The SMILES string of the molecule is CCN(C)Cc1cccc(CNC(=O)c2ccc(-n3ccnc3)c([N+](=O)[O-])c2)c1. The van der Waals surface area contributed by atoms with Gasteiger partial charge in [0.1, 0.15) is 5.69 Å². The maximum absolute atomic E-state index is 12.5. The smallest absolute Gasteiger partial charge is 0.294 e. The van der Waals surface area contributed by atoms with Crippen molar-refractivity contribution in [2.24, 2.45) is 0 Å². The van der Waals surface area contributed by atoms with Crippen molar-refractivity contribution >= 4 is 11.6 Å². The summed E-state index contributed by atoms with van der Waals surface area (Å²) in [6.45, 7) is 4.23. The van der Waals surface area contributed by atoms with Crippen LogP contribution in [-0.2, 0) is 13.1 Å². The summed E-state index contributed by atoms with van der Waals surface area (Å²) in [5.74, 6) is -0.360. The molecule has 0 saturated carbocycles. The Labute approximate surface area is 168 Å². The molecule has 8 nitrogen and oxygen atoms in total. The highest BCUT2D eigenvalue weighted by Crippen LogP contribution is 2.24. The second-order valence-corrected chi connectivity index (χ2v) is 6.76. The zero-order valence-electron chi connectivity index (χ0n) is 16.4. The van der Waals surface area contributed by atoms with Crippen molar-refractivity contribution < 1.29 is 9.72 Å². The van der Waals surface area contributed by atoms with Crippen molar-refractivity contribution in [2.45, 2.75) is 20.0 Å². The van der Waals surface area contributed by atoms with Gasteiger partial charge in [0, 0.05) is 37.1 Å². The van der Waals surface area contributed by atoms with E-state index in [2.05, 4.69) is 41.3 Å². The lowest BCUT2D eigenvalue weighted by Gasteiger charge is -2.14. The monoisotopic (exact) mass is 393 g/mol. The van der Waals surface area contributed by atoms with E-state index in [1.807, 2.05) is 12.1 Å². The summed E-state index contributed by atoms with van der Waals surface area (Å²) in [7, 11) is 2.05. The van der Waals surface area contributed by atoms with Crippen LogP contribution >= 0.6 is 0 Å². The Morgan fingerprint density at radius 3 is 2.72 bits per heavy atom. The molecule has 1 N–H and O–H groups in total. The van der Waals surface area contributed by atoms with E-state index >= 15 is 0 Å². The van der Waals surface area contributed by atoms with E-state index in [-0.39, 0.29) is 17.2 Å². The average molecular weight is 393 g/mol. The van der Waals surface area contributed by atoms with Crippen LogP contribution in [0.25, 0.3) is 5.69 Å². The van der Waals surface area contributed by atoms with Crippen LogP contribution in [0.15, 0.2) is 61.2 Å². The summed E-state index contributed by atoms with van der Waals surface area (Å²) in [6.07, 6.45) is 4.63. The minimum absolute atomic E-state index is 0.153. The first-order chi connectivity index (χ1) is 14.0. The van der Waals surface area contributed by atoms with Crippen LogP contribution in [0.1, 0.15) is 28.4 Å². The predicted molar refractivity (Wildman–Crippen MR) is 110 cm³/mol. The number of carbonyl (C=O) groups excluding carboxylic acids is 1. The standard InChI is InChI=1S/C21H23N5O3/c1-3-24(2)14-17-6-4-5-16(11-17)13-23-21(27)18-7-8-19(20(12-18)26(28)29)25-10-9-22-15-25/h4-12,15H,3,13-14H2,1-2H3,(H,23,27). The number of rotatable bonds is 8. The van der Waals surface area contributed by atoms with Crippen molar-refractivity contribution in [2.75, 3.05) is 13.6 Å². The molecule has 0 aliphatic rings. The lowest BCUT2D eigenvalue weighted by molar-refractivity contribution is -0.384. The number of nitrogens with zero attached hydrogens (tertiary/aromatic N) is 4. The van der Waals surface area contributed by atoms with Gasteiger partial charge < -0.3 is 14.8 Å². The van der Waals surface area contributed by atoms with E-state index in [0.717, 1.165) is 18.7 Å². The summed E-state index contributed by atoms with van der Waals surface area (Å²) in [5, 5.41) is 14.3. The fourth-order valence-electron chi connectivity index (χ4n) is 2.98. The van der Waals surface area contributed by atoms with Gasteiger partial charge in [-0.2, -0.15) is 0 Å². The average Bonchev–Trinajstić information content (AvgIpc) is 3.26. The third kappa shape index (κ3) is 5.05. The lowest BCUT2D eigenvalue weighted by atomic mass is 10.1. The molecule has 1 heterocycles. The molecule has 150 valence electrons. The minimum Gasteiger partial charge on any atom is -0.348 e. The zero-order valence-corrected chi connectivity index (χ0v) is 16.4. The van der Waals surface area contributed by atoms with E-state index in [0.29, 0.717) is 12.2 Å². The third-order valence-corrected chi connectivity index (χ3v) is 4.65. The van der Waals surface area contributed by atoms with Gasteiger partial charge in [-0.1, -0.05) is 31.2 Å². The lowest BCUT2D eigenvalue weighted by Crippen LogP contribution is -2.23. The van der Waals surface area contributed by atoms with Crippen molar-refractivity contribution in [3.8, 4) is 5.69 Å². The second-order valence-electron chi connectivity index (χ2n) is 6.76. The summed E-state index contributed by atoms with van der Waals surface area (Å²) in [6, 6.07) is 12.4. The number of imidazole rings is 1. The van der Waals surface area contributed by atoms with Crippen molar-refractivity contribution in [1.29, 1.82) is 0 Å². The number of nitrogens with one attached hydrogen (secondary N) is 1.